The Kier molecular flexibility index (Phi) is 7.05. The summed E-state index contributed by atoms with van der Waals surface area (Å²) in [5, 5.41) is 9.62. The van der Waals surface area contributed by atoms with E-state index in [1.165, 1.54) is 16.9 Å². The molecule has 7 nitrogen and oxygen atoms in total. The highest BCUT2D eigenvalue weighted by atomic mass is 19.4. The maximum Gasteiger partial charge on any atom is 0.389 e. The fraction of sp³-hybridized carbons (Fsp3) is 0.692. The number of halogens is 7. The molecule has 5 rings (SSSR count). The van der Waals surface area contributed by atoms with Crippen LogP contribution in [0, 0.1) is 17.3 Å². The van der Waals surface area contributed by atoms with Crippen LogP contribution in [0.5, 0.6) is 0 Å². The number of alkyl halides is 7. The molecule has 2 aromatic rings. The summed E-state index contributed by atoms with van der Waals surface area (Å²) in [5.74, 6) is -8.03. The molecule has 3 saturated carbocycles. The first kappa shape index (κ1) is 28.6. The van der Waals surface area contributed by atoms with Crippen LogP contribution in [0.4, 0.5) is 30.7 Å². The highest BCUT2D eigenvalue weighted by Gasteiger charge is 2.72. The van der Waals surface area contributed by atoms with Crippen LogP contribution in [0.2, 0.25) is 0 Å². The lowest BCUT2D eigenvalue weighted by molar-refractivity contribution is -0.144. The van der Waals surface area contributed by atoms with Gasteiger partial charge in [0.15, 0.2) is 5.65 Å². The Balaban J connectivity index is 1.38. The molecule has 2 amide bonds. The summed E-state index contributed by atoms with van der Waals surface area (Å²) in [6, 6.07) is 0.156. The molecule has 2 aromatic heterocycles. The largest absolute Gasteiger partial charge is 0.389 e. The lowest BCUT2D eigenvalue weighted by atomic mass is 9.81. The summed E-state index contributed by atoms with van der Waals surface area (Å²) >= 11 is 0. The van der Waals surface area contributed by atoms with Gasteiger partial charge in [0, 0.05) is 25.7 Å². The molecular weight excluding hydrogens is 547 g/mol. The highest BCUT2D eigenvalue weighted by Crippen LogP contribution is 2.60. The maximum absolute atomic E-state index is 13.9. The van der Waals surface area contributed by atoms with E-state index in [0.717, 1.165) is 19.8 Å². The van der Waals surface area contributed by atoms with Gasteiger partial charge in [0.2, 0.25) is 17.7 Å². The molecular formula is C26H30F7N5O2. The van der Waals surface area contributed by atoms with Crippen LogP contribution in [-0.4, -0.2) is 44.4 Å². The molecule has 3 aliphatic carbocycles. The van der Waals surface area contributed by atoms with E-state index in [4.69, 9.17) is 0 Å². The average Bonchev–Trinajstić information content (AvgIpc) is 3.73. The Labute approximate surface area is 225 Å². The number of carbonyl (C=O) groups is 2. The zero-order valence-electron chi connectivity index (χ0n) is 21.7. The number of rotatable bonds is 9. The van der Waals surface area contributed by atoms with Gasteiger partial charge in [-0.2, -0.15) is 18.3 Å². The third kappa shape index (κ3) is 6.04. The summed E-state index contributed by atoms with van der Waals surface area (Å²) in [6.45, 7) is 1.16. The van der Waals surface area contributed by atoms with Crippen LogP contribution in [0.3, 0.4) is 0 Å². The van der Waals surface area contributed by atoms with Gasteiger partial charge >= 0.3 is 6.18 Å². The zero-order chi connectivity index (χ0) is 29.1. The van der Waals surface area contributed by atoms with Gasteiger partial charge in [0.25, 0.3) is 5.92 Å². The lowest BCUT2D eigenvalue weighted by Crippen LogP contribution is -2.41. The summed E-state index contributed by atoms with van der Waals surface area (Å²) in [6.07, 6.45) is -3.15. The fourth-order valence-corrected chi connectivity index (χ4v) is 5.41. The minimum Gasteiger partial charge on any atom is -0.349 e. The molecule has 14 heteroatoms. The van der Waals surface area contributed by atoms with Gasteiger partial charge in [-0.1, -0.05) is 0 Å². The molecule has 3 atom stereocenters. The van der Waals surface area contributed by atoms with Crippen LogP contribution >= 0.6 is 0 Å². The van der Waals surface area contributed by atoms with E-state index in [-0.39, 0.29) is 24.5 Å². The number of fused-ring (bicyclic) bond motifs is 1. The Hall–Kier alpha value is -2.93. The molecule has 0 aromatic carbocycles. The molecule has 220 valence electrons. The van der Waals surface area contributed by atoms with Gasteiger partial charge in [0.05, 0.1) is 36.6 Å². The first-order chi connectivity index (χ1) is 18.6. The number of nitrogens with one attached hydrogen (secondary N) is 2. The van der Waals surface area contributed by atoms with Gasteiger partial charge in [-0.25, -0.2) is 27.1 Å². The van der Waals surface area contributed by atoms with Crippen molar-refractivity contribution in [3.05, 3.63) is 29.7 Å². The van der Waals surface area contributed by atoms with Gasteiger partial charge in [0.1, 0.15) is 5.41 Å². The van der Waals surface area contributed by atoms with Crippen molar-refractivity contribution >= 4 is 17.5 Å². The summed E-state index contributed by atoms with van der Waals surface area (Å²) in [5.41, 5.74) is -0.768. The standard InChI is InChI=1S/C26H30F7N5O2/c1-23(13-25(23,29)30)22(40)37-21(15-4-7-24(27,28)8-5-15)17-12-38-18(35-17)10-16(11-34-38)20(14-2-3-14)36-19(39)6-9-26(31,32)33/h10-12,14-15,20-21H,2-9,13H2,1H3,(H,36,39)(H,37,40)/t20-,21+,23?/m1/s1. The number of carbonyl (C=O) groups excluding carboxylic acids is 2. The first-order valence-electron chi connectivity index (χ1n) is 13.3. The van der Waals surface area contributed by atoms with Crippen LogP contribution in [0.25, 0.3) is 5.65 Å². The van der Waals surface area contributed by atoms with E-state index in [2.05, 4.69) is 20.7 Å². The van der Waals surface area contributed by atoms with E-state index < -0.39 is 85.4 Å². The Morgan fingerprint density at radius 2 is 1.68 bits per heavy atom. The van der Waals surface area contributed by atoms with Crippen molar-refractivity contribution in [3.63, 3.8) is 0 Å². The van der Waals surface area contributed by atoms with Crippen LogP contribution in [0.1, 0.15) is 88.1 Å². The quantitative estimate of drug-likeness (QED) is 0.376. The molecule has 1 unspecified atom stereocenters. The van der Waals surface area contributed by atoms with Crippen molar-refractivity contribution in [2.75, 3.05) is 0 Å². The minimum absolute atomic E-state index is 0.0328. The summed E-state index contributed by atoms with van der Waals surface area (Å²) in [7, 11) is 0. The summed E-state index contributed by atoms with van der Waals surface area (Å²) < 4.78 is 94.6. The van der Waals surface area contributed by atoms with Crippen molar-refractivity contribution in [1.82, 2.24) is 25.2 Å². The van der Waals surface area contributed by atoms with Gasteiger partial charge in [-0.05, 0) is 56.1 Å². The monoisotopic (exact) mass is 577 g/mol. The average molecular weight is 578 g/mol. The molecule has 3 fully saturated rings. The fourth-order valence-electron chi connectivity index (χ4n) is 5.41. The smallest absolute Gasteiger partial charge is 0.349 e. The molecule has 0 saturated heterocycles. The van der Waals surface area contributed by atoms with Crippen molar-refractivity contribution in [2.45, 2.75) is 94.8 Å². The Morgan fingerprint density at radius 3 is 2.25 bits per heavy atom. The van der Waals surface area contributed by atoms with Crippen LogP contribution < -0.4 is 10.6 Å². The topological polar surface area (TPSA) is 88.4 Å². The van der Waals surface area contributed by atoms with Crippen molar-refractivity contribution in [1.29, 1.82) is 0 Å². The molecule has 0 radical (unpaired) electrons. The number of nitrogens with zero attached hydrogens (tertiary/aromatic N) is 3. The van der Waals surface area contributed by atoms with Gasteiger partial charge in [-0.3, -0.25) is 9.59 Å². The van der Waals surface area contributed by atoms with Crippen LogP contribution in [-0.2, 0) is 9.59 Å². The molecule has 40 heavy (non-hydrogen) atoms. The molecule has 0 bridgehead atoms. The third-order valence-electron chi connectivity index (χ3n) is 8.36. The second kappa shape index (κ2) is 9.86. The Bertz CT molecular complexity index is 1280. The minimum atomic E-state index is -4.45. The predicted molar refractivity (Wildman–Crippen MR) is 127 cm³/mol. The first-order valence-corrected chi connectivity index (χ1v) is 13.3. The number of aromatic nitrogens is 3. The number of hydrogen-bond donors (Lipinski definition) is 2. The zero-order valence-corrected chi connectivity index (χ0v) is 21.7. The van der Waals surface area contributed by atoms with E-state index in [1.807, 2.05) is 0 Å². The van der Waals surface area contributed by atoms with E-state index in [0.29, 0.717) is 11.2 Å². The SMILES string of the molecule is CC1(C(=O)N[C@H](c2cn3ncc([C@H](NC(=O)CCC(F)(F)F)C4CC4)cc3n2)C2CCC(F)(F)CC2)CC1(F)F. The van der Waals surface area contributed by atoms with E-state index in [1.54, 1.807) is 6.07 Å². The molecule has 2 heterocycles. The summed E-state index contributed by atoms with van der Waals surface area (Å²) in [4.78, 5) is 29.6. The lowest BCUT2D eigenvalue weighted by Gasteiger charge is -2.34. The second-order valence-electron chi connectivity index (χ2n) is 11.6. The van der Waals surface area contributed by atoms with Gasteiger partial charge < -0.3 is 10.6 Å². The number of imidazole rings is 1. The van der Waals surface area contributed by atoms with E-state index in [9.17, 15) is 40.3 Å². The van der Waals surface area contributed by atoms with Crippen molar-refractivity contribution in [2.24, 2.45) is 17.3 Å². The van der Waals surface area contributed by atoms with E-state index >= 15 is 0 Å². The van der Waals surface area contributed by atoms with Crippen molar-refractivity contribution < 1.29 is 40.3 Å². The Morgan fingerprint density at radius 1 is 1.05 bits per heavy atom. The van der Waals surface area contributed by atoms with Crippen LogP contribution in [0.15, 0.2) is 18.5 Å². The second-order valence-corrected chi connectivity index (χ2v) is 11.6. The molecule has 0 spiro atoms. The third-order valence-corrected chi connectivity index (χ3v) is 8.36. The number of hydrogen-bond acceptors (Lipinski definition) is 4. The maximum atomic E-state index is 13.9. The van der Waals surface area contributed by atoms with Crippen molar-refractivity contribution in [3.8, 4) is 0 Å². The molecule has 0 aliphatic heterocycles. The van der Waals surface area contributed by atoms with Gasteiger partial charge in [-0.15, -0.1) is 0 Å². The highest BCUT2D eigenvalue weighted by molar-refractivity contribution is 5.87. The predicted octanol–water partition coefficient (Wildman–Crippen LogP) is 5.67. The molecule has 3 aliphatic rings. The number of amides is 2. The normalized spacial score (nSPS) is 25.8. The molecule has 2 N–H and O–H groups in total.